The van der Waals surface area contributed by atoms with E-state index >= 15 is 0 Å². The lowest BCUT2D eigenvalue weighted by atomic mass is 10.1. The summed E-state index contributed by atoms with van der Waals surface area (Å²) in [5.41, 5.74) is -1.39. The third-order valence-electron chi connectivity index (χ3n) is 5.57. The van der Waals surface area contributed by atoms with E-state index in [1.54, 1.807) is 53.5 Å². The Morgan fingerprint density at radius 3 is 1.64 bits per heavy atom. The quantitative estimate of drug-likeness (QED) is 0.138. The largest absolute Gasteiger partial charge is 0.508 e. The second-order valence-corrected chi connectivity index (χ2v) is 9.02. The maximum absolute atomic E-state index is 12.6. The van der Waals surface area contributed by atoms with Gasteiger partial charge in [-0.1, -0.05) is 66.7 Å². The zero-order valence-electron chi connectivity index (χ0n) is 24.2. The van der Waals surface area contributed by atoms with Crippen LogP contribution in [-0.4, -0.2) is 33.8 Å². The highest BCUT2D eigenvalue weighted by Crippen LogP contribution is 2.31. The number of halogens is 4. The molecule has 0 bridgehead atoms. The molecule has 1 heterocycles. The van der Waals surface area contributed by atoms with E-state index in [4.69, 9.17) is 14.9 Å². The topological polar surface area (TPSA) is 127 Å². The van der Waals surface area contributed by atoms with Crippen LogP contribution in [0.3, 0.4) is 0 Å². The van der Waals surface area contributed by atoms with Crippen LogP contribution < -0.4 is 21.3 Å². The number of aromatic hydroxyl groups is 2. The summed E-state index contributed by atoms with van der Waals surface area (Å²) in [6, 6.07) is 31.9. The fourth-order valence-corrected chi connectivity index (χ4v) is 3.37. The number of hydrogen-bond acceptors (Lipinski definition) is 6. The summed E-state index contributed by atoms with van der Waals surface area (Å²) in [6.45, 7) is 0.750. The van der Waals surface area contributed by atoms with Crippen LogP contribution in [0.2, 0.25) is 0 Å². The van der Waals surface area contributed by atoms with Gasteiger partial charge in [-0.2, -0.15) is 17.6 Å². The number of hydrogen-bond donors (Lipinski definition) is 5. The molecule has 8 nitrogen and oxygen atoms in total. The number of aromatic amines is 2. The highest BCUT2D eigenvalue weighted by atomic mass is 19.4. The summed E-state index contributed by atoms with van der Waals surface area (Å²) in [7, 11) is 1.85. The van der Waals surface area contributed by atoms with Gasteiger partial charge in [0.25, 0.3) is 5.56 Å². The van der Waals surface area contributed by atoms with Gasteiger partial charge in [0.2, 0.25) is 5.82 Å². The smallest absolute Gasteiger partial charge is 0.416 e. The van der Waals surface area contributed by atoms with E-state index in [-0.39, 0.29) is 6.10 Å². The molecule has 238 valence electrons. The van der Waals surface area contributed by atoms with Gasteiger partial charge in [-0.3, -0.25) is 9.78 Å². The molecule has 0 aliphatic heterocycles. The maximum Gasteiger partial charge on any atom is 0.416 e. The molecule has 5 rings (SSSR count). The lowest BCUT2D eigenvalue weighted by molar-refractivity contribution is -0.137. The Labute approximate surface area is 256 Å². The van der Waals surface area contributed by atoms with E-state index in [0.717, 1.165) is 30.7 Å². The Morgan fingerprint density at radius 1 is 0.778 bits per heavy atom. The number of alkyl halides is 3. The molecule has 0 radical (unpaired) electrons. The van der Waals surface area contributed by atoms with Crippen molar-refractivity contribution in [2.45, 2.75) is 18.7 Å². The Hall–Kier alpha value is -5.36. The number of H-pyrrole nitrogens is 2. The van der Waals surface area contributed by atoms with Crippen molar-refractivity contribution in [2.75, 3.05) is 13.6 Å². The van der Waals surface area contributed by atoms with Gasteiger partial charge in [0.15, 0.2) is 0 Å². The molecule has 0 fully saturated rings. The summed E-state index contributed by atoms with van der Waals surface area (Å²) < 4.78 is 55.5. The van der Waals surface area contributed by atoms with Gasteiger partial charge >= 0.3 is 11.9 Å². The van der Waals surface area contributed by atoms with Crippen LogP contribution in [0.15, 0.2) is 131 Å². The van der Waals surface area contributed by atoms with Gasteiger partial charge in [-0.15, -0.1) is 0 Å². The third-order valence-corrected chi connectivity index (χ3v) is 5.57. The van der Waals surface area contributed by atoms with Crippen molar-refractivity contribution in [2.24, 2.45) is 0 Å². The molecule has 0 saturated carbocycles. The maximum atomic E-state index is 12.6. The SMILES string of the molecule is CNCCC(Oc1ccc(C(F)(F)F)cc1)c1ccccc1.O=c1[nH]cc(F)c(=O)[nH]1.Oc1ccccc1.Oc1ccccc1. The van der Waals surface area contributed by atoms with Crippen LogP contribution in [0.5, 0.6) is 17.2 Å². The molecular weight excluding hydrogens is 594 g/mol. The number of phenols is 2. The minimum Gasteiger partial charge on any atom is -0.508 e. The third kappa shape index (κ3) is 14.6. The van der Waals surface area contributed by atoms with E-state index in [1.807, 2.05) is 54.5 Å². The number of phenolic OH excluding ortho intramolecular Hbond substituents is 2. The van der Waals surface area contributed by atoms with E-state index in [9.17, 15) is 27.2 Å². The average Bonchev–Trinajstić information content (AvgIpc) is 3.03. The van der Waals surface area contributed by atoms with Gasteiger partial charge in [0.1, 0.15) is 23.4 Å². The minimum atomic E-state index is -4.33. The molecule has 5 aromatic rings. The average molecular weight is 628 g/mol. The van der Waals surface area contributed by atoms with Crippen LogP contribution in [0.25, 0.3) is 0 Å². The zero-order chi connectivity index (χ0) is 33.1. The second kappa shape index (κ2) is 19.0. The molecule has 1 unspecified atom stereocenters. The second-order valence-electron chi connectivity index (χ2n) is 9.02. The van der Waals surface area contributed by atoms with Gasteiger partial charge in [0, 0.05) is 12.6 Å². The summed E-state index contributed by atoms with van der Waals surface area (Å²) in [5, 5.41) is 20.3. The molecule has 1 atom stereocenters. The van der Waals surface area contributed by atoms with Crippen molar-refractivity contribution in [3.63, 3.8) is 0 Å². The van der Waals surface area contributed by atoms with Crippen LogP contribution in [-0.2, 0) is 6.18 Å². The lowest BCUT2D eigenvalue weighted by Crippen LogP contribution is -2.23. The monoisotopic (exact) mass is 627 g/mol. The van der Waals surface area contributed by atoms with Crippen molar-refractivity contribution in [1.82, 2.24) is 15.3 Å². The highest BCUT2D eigenvalue weighted by molar-refractivity contribution is 5.30. The Balaban J connectivity index is 0.000000248. The van der Waals surface area contributed by atoms with Crippen molar-refractivity contribution in [3.05, 3.63) is 159 Å². The standard InChI is InChI=1S/C17H18F3NO.2C6H6O.C4H3FN2O2/c1-21-12-11-16(13-5-3-2-4-6-13)22-15-9-7-14(8-10-15)17(18,19)20;2*7-6-4-2-1-3-5-6;5-2-1-6-4(9)7-3(2)8/h2-10,16,21H,11-12H2,1H3;2*1-5,7H;1H,(H2,6,7,8,9). The van der Waals surface area contributed by atoms with E-state index in [2.05, 4.69) is 5.32 Å². The number of benzene rings is 4. The van der Waals surface area contributed by atoms with E-state index in [1.165, 1.54) is 12.1 Å². The molecule has 12 heteroatoms. The Bertz CT molecular complexity index is 1580. The van der Waals surface area contributed by atoms with Crippen molar-refractivity contribution in [3.8, 4) is 17.2 Å². The van der Waals surface area contributed by atoms with E-state index in [0.29, 0.717) is 23.4 Å². The van der Waals surface area contributed by atoms with E-state index < -0.39 is 28.8 Å². The zero-order valence-corrected chi connectivity index (χ0v) is 24.2. The molecule has 4 aromatic carbocycles. The minimum absolute atomic E-state index is 0.203. The van der Waals surface area contributed by atoms with Crippen LogP contribution in [0, 0.1) is 5.82 Å². The molecule has 1 aromatic heterocycles. The first-order valence-corrected chi connectivity index (χ1v) is 13.5. The normalized spacial score (nSPS) is 10.9. The fourth-order valence-electron chi connectivity index (χ4n) is 3.37. The van der Waals surface area contributed by atoms with Gasteiger partial charge in [0.05, 0.1) is 5.56 Å². The van der Waals surface area contributed by atoms with Gasteiger partial charge in [-0.05, 0) is 67.7 Å². The number of aromatic nitrogens is 2. The molecular formula is C33H33F4N3O5. The summed E-state index contributed by atoms with van der Waals surface area (Å²) in [4.78, 5) is 24.0. The van der Waals surface area contributed by atoms with Crippen LogP contribution in [0.1, 0.15) is 23.7 Å². The van der Waals surface area contributed by atoms with Gasteiger partial charge < -0.3 is 25.3 Å². The van der Waals surface area contributed by atoms with Gasteiger partial charge in [-0.25, -0.2) is 4.79 Å². The Morgan fingerprint density at radius 2 is 1.27 bits per heavy atom. The molecule has 45 heavy (non-hydrogen) atoms. The first-order valence-electron chi connectivity index (χ1n) is 13.5. The predicted molar refractivity (Wildman–Crippen MR) is 164 cm³/mol. The first-order chi connectivity index (χ1) is 21.5. The molecule has 0 aliphatic rings. The molecule has 0 saturated heterocycles. The number of nitrogens with one attached hydrogen (secondary N) is 3. The van der Waals surface area contributed by atoms with Crippen molar-refractivity contribution >= 4 is 0 Å². The number of para-hydroxylation sites is 2. The first kappa shape index (κ1) is 35.8. The molecule has 5 N–H and O–H groups in total. The summed E-state index contributed by atoms with van der Waals surface area (Å²) >= 11 is 0. The number of ether oxygens (including phenoxy) is 1. The van der Waals surface area contributed by atoms with Crippen LogP contribution >= 0.6 is 0 Å². The van der Waals surface area contributed by atoms with Crippen molar-refractivity contribution < 1.29 is 32.5 Å². The van der Waals surface area contributed by atoms with Crippen LogP contribution in [0.4, 0.5) is 17.6 Å². The summed E-state index contributed by atoms with van der Waals surface area (Å²) in [6.07, 6.45) is -3.10. The molecule has 0 spiro atoms. The number of rotatable bonds is 6. The molecule has 0 amide bonds. The Kier molecular flexibility index (Phi) is 15.2. The highest BCUT2D eigenvalue weighted by Gasteiger charge is 2.30. The summed E-state index contributed by atoms with van der Waals surface area (Å²) in [5.74, 6) is 0.0811. The predicted octanol–water partition coefficient (Wildman–Crippen LogP) is 6.42. The fraction of sp³-hybridized carbons (Fsp3) is 0.152. The van der Waals surface area contributed by atoms with Crippen molar-refractivity contribution in [1.29, 1.82) is 0 Å². The lowest BCUT2D eigenvalue weighted by Gasteiger charge is -2.20. The molecule has 0 aliphatic carbocycles.